The van der Waals surface area contributed by atoms with Crippen LogP contribution in [0.2, 0.25) is 0 Å². The highest BCUT2D eigenvalue weighted by Crippen LogP contribution is 2.25. The van der Waals surface area contributed by atoms with Gasteiger partial charge in [0.15, 0.2) is 0 Å². The molecule has 1 aliphatic heterocycles. The molecule has 5 heteroatoms. The molecule has 0 bridgehead atoms. The second-order valence-electron chi connectivity index (χ2n) is 4.13. The molecular weight excluding hydrogens is 235 g/mol. The summed E-state index contributed by atoms with van der Waals surface area (Å²) in [5.41, 5.74) is 2.25. The first kappa shape index (κ1) is 12.6. The third kappa shape index (κ3) is 2.51. The summed E-state index contributed by atoms with van der Waals surface area (Å²) in [6.45, 7) is 3.28. The highest BCUT2D eigenvalue weighted by Gasteiger charge is 2.17. The minimum Gasteiger partial charge on any atom is -0.494 e. The Morgan fingerprint density at radius 1 is 1.44 bits per heavy atom. The van der Waals surface area contributed by atoms with Gasteiger partial charge in [0.25, 0.3) is 5.91 Å². The van der Waals surface area contributed by atoms with Crippen LogP contribution in [0.15, 0.2) is 29.3 Å². The number of nitrogens with one attached hydrogen (secondary N) is 2. The van der Waals surface area contributed by atoms with Gasteiger partial charge in [-0.2, -0.15) is 0 Å². The van der Waals surface area contributed by atoms with E-state index in [1.165, 1.54) is 25.3 Å². The van der Waals surface area contributed by atoms with Crippen molar-refractivity contribution in [3.8, 4) is 5.75 Å². The van der Waals surface area contributed by atoms with Crippen LogP contribution in [-0.4, -0.2) is 26.1 Å². The molecule has 1 saturated heterocycles. The lowest BCUT2D eigenvalue weighted by Gasteiger charge is -2.21. The van der Waals surface area contributed by atoms with Gasteiger partial charge in [0.2, 0.25) is 0 Å². The minimum absolute atomic E-state index is 0.184. The molecule has 18 heavy (non-hydrogen) atoms. The number of hydrogen-bond acceptors (Lipinski definition) is 3. The number of rotatable bonds is 3. The largest absolute Gasteiger partial charge is 0.494 e. The molecule has 0 aliphatic carbocycles. The first-order valence-electron chi connectivity index (χ1n) is 5.66. The Morgan fingerprint density at radius 3 is 2.72 bits per heavy atom. The molecule has 1 aliphatic rings. The summed E-state index contributed by atoms with van der Waals surface area (Å²) in [4.78, 5) is 12.0. The van der Waals surface area contributed by atoms with Gasteiger partial charge < -0.3 is 15.4 Å². The molecule has 1 amide bonds. The molecule has 2 rings (SSSR count). The molecule has 2 N–H and O–H groups in total. The van der Waals surface area contributed by atoms with E-state index in [1.807, 2.05) is 0 Å². The Morgan fingerprint density at radius 2 is 2.17 bits per heavy atom. The average molecular weight is 250 g/mol. The van der Waals surface area contributed by atoms with Gasteiger partial charge in [0.1, 0.15) is 11.6 Å². The molecule has 1 heterocycles. The van der Waals surface area contributed by atoms with Gasteiger partial charge >= 0.3 is 0 Å². The van der Waals surface area contributed by atoms with Crippen LogP contribution in [-0.2, 0) is 4.79 Å². The smallest absolute Gasteiger partial charge is 0.251 e. The zero-order valence-corrected chi connectivity index (χ0v) is 10.3. The van der Waals surface area contributed by atoms with E-state index in [0.717, 1.165) is 18.7 Å². The Balaban J connectivity index is 2.16. The zero-order valence-electron chi connectivity index (χ0n) is 10.3. The summed E-state index contributed by atoms with van der Waals surface area (Å²) >= 11 is 0. The van der Waals surface area contributed by atoms with E-state index < -0.39 is 5.82 Å². The number of ether oxygens (including phenoxy) is 1. The molecule has 1 aromatic rings. The second-order valence-corrected chi connectivity index (χ2v) is 4.13. The third-order valence-electron chi connectivity index (χ3n) is 2.96. The number of carbonyl (C=O) groups is 1. The van der Waals surface area contributed by atoms with Crippen molar-refractivity contribution in [2.45, 2.75) is 6.92 Å². The van der Waals surface area contributed by atoms with Gasteiger partial charge in [-0.3, -0.25) is 4.79 Å². The number of anilines is 1. The van der Waals surface area contributed by atoms with Gasteiger partial charge in [0, 0.05) is 24.7 Å². The molecule has 0 saturated carbocycles. The van der Waals surface area contributed by atoms with Crippen LogP contribution in [0.5, 0.6) is 5.75 Å². The van der Waals surface area contributed by atoms with E-state index in [2.05, 4.69) is 10.6 Å². The predicted octanol–water partition coefficient (Wildman–Crippen LogP) is 1.69. The molecule has 4 nitrogen and oxygen atoms in total. The maximum Gasteiger partial charge on any atom is 0.251 e. The van der Waals surface area contributed by atoms with Gasteiger partial charge in [-0.1, -0.05) is 0 Å². The minimum atomic E-state index is -0.400. The lowest BCUT2D eigenvalue weighted by Crippen LogP contribution is -2.36. The average Bonchev–Trinajstić information content (AvgIpc) is 2.29. The summed E-state index contributed by atoms with van der Waals surface area (Å²) in [7, 11) is 1.44. The lowest BCUT2D eigenvalue weighted by atomic mass is 10.0. The molecular formula is C13H15FN2O2. The summed E-state index contributed by atoms with van der Waals surface area (Å²) in [5, 5.41) is 5.80. The van der Waals surface area contributed by atoms with Crippen LogP contribution in [0.4, 0.5) is 10.1 Å². The fraction of sp³-hybridized carbons (Fsp3) is 0.308. The van der Waals surface area contributed by atoms with Gasteiger partial charge in [-0.05, 0) is 24.6 Å². The van der Waals surface area contributed by atoms with Crippen molar-refractivity contribution in [3.63, 3.8) is 0 Å². The first-order chi connectivity index (χ1) is 8.61. The number of methoxy groups -OCH3 is 1. The van der Waals surface area contributed by atoms with Crippen molar-refractivity contribution < 1.29 is 13.9 Å². The number of amides is 1. The quantitative estimate of drug-likeness (QED) is 0.803. The Kier molecular flexibility index (Phi) is 3.62. The van der Waals surface area contributed by atoms with Crippen molar-refractivity contribution in [1.82, 2.24) is 5.32 Å². The van der Waals surface area contributed by atoms with Crippen LogP contribution in [0.3, 0.4) is 0 Å². The number of carbonyl (C=O) groups excluding carboxylic acids is 1. The molecule has 1 aromatic carbocycles. The van der Waals surface area contributed by atoms with Gasteiger partial charge in [-0.25, -0.2) is 4.39 Å². The van der Waals surface area contributed by atoms with Crippen molar-refractivity contribution in [1.29, 1.82) is 0 Å². The summed E-state index contributed by atoms with van der Waals surface area (Å²) < 4.78 is 18.0. The van der Waals surface area contributed by atoms with Crippen LogP contribution in [0, 0.1) is 5.82 Å². The highest BCUT2D eigenvalue weighted by atomic mass is 19.1. The standard InChI is InChI=1S/C13H15FN2O2/c1-8(9-6-15-7-9)13(17)16-11-4-3-10(14)5-12(11)18-2/h3-5,15H,6-7H2,1-2H3,(H,16,17). The van der Waals surface area contributed by atoms with Crippen molar-refractivity contribution in [2.24, 2.45) is 0 Å². The molecule has 96 valence electrons. The van der Waals surface area contributed by atoms with Gasteiger partial charge in [-0.15, -0.1) is 0 Å². The number of halogens is 1. The summed E-state index contributed by atoms with van der Waals surface area (Å²) in [5.74, 6) is -0.271. The monoisotopic (exact) mass is 250 g/mol. The molecule has 1 fully saturated rings. The van der Waals surface area contributed by atoms with E-state index in [0.29, 0.717) is 17.0 Å². The third-order valence-corrected chi connectivity index (χ3v) is 2.96. The Bertz CT molecular complexity index is 506. The van der Waals surface area contributed by atoms with E-state index in [9.17, 15) is 9.18 Å². The van der Waals surface area contributed by atoms with Crippen molar-refractivity contribution in [2.75, 3.05) is 25.5 Å². The molecule has 0 atom stereocenters. The summed E-state index contributed by atoms with van der Waals surface area (Å²) in [6.07, 6.45) is 0. The topological polar surface area (TPSA) is 50.4 Å². The summed E-state index contributed by atoms with van der Waals surface area (Å²) in [6, 6.07) is 4.01. The Hall–Kier alpha value is -1.88. The van der Waals surface area contributed by atoms with Crippen molar-refractivity contribution >= 4 is 11.6 Å². The van der Waals surface area contributed by atoms with Crippen LogP contribution in [0.25, 0.3) is 0 Å². The first-order valence-corrected chi connectivity index (χ1v) is 5.66. The zero-order chi connectivity index (χ0) is 13.1. The molecule has 0 spiro atoms. The maximum absolute atomic E-state index is 13.0. The lowest BCUT2D eigenvalue weighted by molar-refractivity contribution is -0.112. The number of benzene rings is 1. The predicted molar refractivity (Wildman–Crippen MR) is 67.2 cm³/mol. The van der Waals surface area contributed by atoms with Crippen LogP contribution in [0.1, 0.15) is 6.92 Å². The van der Waals surface area contributed by atoms with Gasteiger partial charge in [0.05, 0.1) is 12.8 Å². The number of hydrogen-bond donors (Lipinski definition) is 2. The van der Waals surface area contributed by atoms with E-state index >= 15 is 0 Å². The molecule has 0 radical (unpaired) electrons. The fourth-order valence-electron chi connectivity index (χ4n) is 1.66. The van der Waals surface area contributed by atoms with Crippen LogP contribution < -0.4 is 15.4 Å². The fourth-order valence-corrected chi connectivity index (χ4v) is 1.66. The maximum atomic E-state index is 13.0. The molecule has 0 aromatic heterocycles. The van der Waals surface area contributed by atoms with Crippen molar-refractivity contribution in [3.05, 3.63) is 35.2 Å². The van der Waals surface area contributed by atoms with E-state index in [4.69, 9.17) is 4.74 Å². The molecule has 0 unspecified atom stereocenters. The van der Waals surface area contributed by atoms with E-state index in [1.54, 1.807) is 6.92 Å². The van der Waals surface area contributed by atoms with E-state index in [-0.39, 0.29) is 5.91 Å². The second kappa shape index (κ2) is 5.18. The highest BCUT2D eigenvalue weighted by molar-refractivity contribution is 6.04. The normalized spacial score (nSPS) is 13.8. The van der Waals surface area contributed by atoms with Crippen LogP contribution >= 0.6 is 0 Å². The Labute approximate surface area is 105 Å². The SMILES string of the molecule is COc1cc(F)ccc1NC(=O)C(C)=C1CNC1.